The summed E-state index contributed by atoms with van der Waals surface area (Å²) in [5.74, 6) is 0. The quantitative estimate of drug-likeness (QED) is 0.639. The number of alkyl halides is 3. The lowest BCUT2D eigenvalue weighted by Crippen LogP contribution is -2.34. The average Bonchev–Trinajstić information content (AvgIpc) is 2.14. The summed E-state index contributed by atoms with van der Waals surface area (Å²) in [5.41, 5.74) is 4.39. The van der Waals surface area contributed by atoms with Crippen molar-refractivity contribution < 1.29 is 23.0 Å². The van der Waals surface area contributed by atoms with E-state index in [0.717, 1.165) is 0 Å². The molecule has 0 aromatic carbocycles. The van der Waals surface area contributed by atoms with Gasteiger partial charge in [0.15, 0.2) is 0 Å². The first-order chi connectivity index (χ1) is 7.27. The molecule has 0 amide bonds. The van der Waals surface area contributed by atoms with Crippen molar-refractivity contribution in [1.29, 1.82) is 0 Å². The van der Waals surface area contributed by atoms with E-state index in [1.165, 1.54) is 0 Å². The van der Waals surface area contributed by atoms with Gasteiger partial charge in [0.1, 0.15) is 0 Å². The third-order valence-electron chi connectivity index (χ3n) is 2.19. The van der Waals surface area contributed by atoms with E-state index in [1.54, 1.807) is 6.92 Å². The Morgan fingerprint density at radius 1 is 1.12 bits per heavy atom. The van der Waals surface area contributed by atoms with Crippen LogP contribution in [-0.2, 0) is 4.74 Å². The van der Waals surface area contributed by atoms with Gasteiger partial charge >= 0.3 is 6.18 Å². The van der Waals surface area contributed by atoms with Crippen LogP contribution >= 0.6 is 0 Å². The number of hydrogen-bond donors (Lipinski definition) is 2. The molecule has 0 rings (SSSR count). The Morgan fingerprint density at radius 3 is 2.06 bits per heavy atom. The Bertz CT molecular complexity index is 183. The van der Waals surface area contributed by atoms with Crippen molar-refractivity contribution in [2.45, 2.75) is 44.4 Å². The van der Waals surface area contributed by atoms with Gasteiger partial charge in [-0.3, -0.25) is 0 Å². The van der Waals surface area contributed by atoms with Gasteiger partial charge in [-0.25, -0.2) is 0 Å². The van der Waals surface area contributed by atoms with Gasteiger partial charge < -0.3 is 15.6 Å². The molecular formula is C10H20F3NO2. The van der Waals surface area contributed by atoms with Crippen LogP contribution in [0.25, 0.3) is 0 Å². The highest BCUT2D eigenvalue weighted by atomic mass is 19.4. The van der Waals surface area contributed by atoms with Crippen LogP contribution in [0.2, 0.25) is 0 Å². The maximum Gasteiger partial charge on any atom is 0.389 e. The second kappa shape index (κ2) is 7.09. The summed E-state index contributed by atoms with van der Waals surface area (Å²) in [6.07, 6.45) is -3.85. The lowest BCUT2D eigenvalue weighted by atomic mass is 10.0. The van der Waals surface area contributed by atoms with Gasteiger partial charge in [-0.15, -0.1) is 0 Å². The molecule has 1 atom stereocenters. The molecule has 1 unspecified atom stereocenters. The van der Waals surface area contributed by atoms with Crippen LogP contribution in [0.15, 0.2) is 0 Å². The fraction of sp³-hybridized carbons (Fsp3) is 1.00. The van der Waals surface area contributed by atoms with Crippen LogP contribution in [-0.4, -0.2) is 36.6 Å². The van der Waals surface area contributed by atoms with Gasteiger partial charge in [-0.1, -0.05) is 0 Å². The van der Waals surface area contributed by atoms with E-state index in [9.17, 15) is 18.3 Å². The van der Waals surface area contributed by atoms with E-state index in [1.807, 2.05) is 0 Å². The van der Waals surface area contributed by atoms with Crippen LogP contribution in [0, 0.1) is 0 Å². The summed E-state index contributed by atoms with van der Waals surface area (Å²) in [6.45, 7) is 2.25. The van der Waals surface area contributed by atoms with Gasteiger partial charge in [-0.05, 0) is 26.2 Å². The Hall–Kier alpha value is -0.330. The summed E-state index contributed by atoms with van der Waals surface area (Å²) in [7, 11) is 0. The average molecular weight is 243 g/mol. The summed E-state index contributed by atoms with van der Waals surface area (Å²) in [6, 6.07) is 0. The van der Waals surface area contributed by atoms with Crippen LogP contribution in [0.1, 0.15) is 32.6 Å². The lowest BCUT2D eigenvalue weighted by molar-refractivity contribution is -0.137. The molecule has 0 aromatic heterocycles. The van der Waals surface area contributed by atoms with Crippen LogP contribution in [0.5, 0.6) is 0 Å². The van der Waals surface area contributed by atoms with Crippen molar-refractivity contribution in [2.75, 3.05) is 19.8 Å². The molecule has 0 saturated heterocycles. The summed E-state index contributed by atoms with van der Waals surface area (Å²) < 4.78 is 40.2. The standard InChI is InChI=1S/C10H20F3NO2/c1-9(15,8-14)4-2-6-16-7-3-5-10(11,12)13/h15H,2-8,14H2,1H3. The number of aliphatic hydroxyl groups is 1. The van der Waals surface area contributed by atoms with Crippen molar-refractivity contribution in [1.82, 2.24) is 0 Å². The van der Waals surface area contributed by atoms with Crippen molar-refractivity contribution >= 4 is 0 Å². The van der Waals surface area contributed by atoms with Gasteiger partial charge in [0.2, 0.25) is 0 Å². The second-order valence-electron chi connectivity index (χ2n) is 4.14. The molecule has 3 nitrogen and oxygen atoms in total. The molecule has 0 radical (unpaired) electrons. The number of ether oxygens (including phenoxy) is 1. The zero-order chi connectivity index (χ0) is 12.7. The van der Waals surface area contributed by atoms with E-state index in [0.29, 0.717) is 19.4 Å². The number of nitrogens with two attached hydrogens (primary N) is 1. The fourth-order valence-electron chi connectivity index (χ4n) is 1.13. The number of halogens is 3. The maximum atomic E-state index is 11.7. The van der Waals surface area contributed by atoms with Crippen LogP contribution in [0.4, 0.5) is 13.2 Å². The first-order valence-electron chi connectivity index (χ1n) is 5.34. The summed E-state index contributed by atoms with van der Waals surface area (Å²) in [5, 5.41) is 9.50. The largest absolute Gasteiger partial charge is 0.389 e. The van der Waals surface area contributed by atoms with E-state index in [-0.39, 0.29) is 19.6 Å². The molecule has 0 heterocycles. The van der Waals surface area contributed by atoms with Crippen molar-refractivity contribution in [3.05, 3.63) is 0 Å². The minimum atomic E-state index is -4.10. The van der Waals surface area contributed by atoms with E-state index >= 15 is 0 Å². The monoisotopic (exact) mass is 243 g/mol. The molecule has 0 aliphatic heterocycles. The van der Waals surface area contributed by atoms with Crippen molar-refractivity contribution in [2.24, 2.45) is 5.73 Å². The highest BCUT2D eigenvalue weighted by Gasteiger charge is 2.25. The van der Waals surface area contributed by atoms with E-state index in [4.69, 9.17) is 10.5 Å². The van der Waals surface area contributed by atoms with Gasteiger partial charge in [-0.2, -0.15) is 13.2 Å². The molecular weight excluding hydrogens is 223 g/mol. The predicted molar refractivity (Wildman–Crippen MR) is 55.0 cm³/mol. The Kier molecular flexibility index (Phi) is 6.94. The summed E-state index contributed by atoms with van der Waals surface area (Å²) >= 11 is 0. The first kappa shape index (κ1) is 15.7. The third-order valence-corrected chi connectivity index (χ3v) is 2.19. The van der Waals surface area contributed by atoms with Gasteiger partial charge in [0.05, 0.1) is 5.60 Å². The van der Waals surface area contributed by atoms with Gasteiger partial charge in [0.25, 0.3) is 0 Å². The normalized spacial score (nSPS) is 16.1. The molecule has 0 aromatic rings. The molecule has 0 saturated carbocycles. The van der Waals surface area contributed by atoms with Crippen molar-refractivity contribution in [3.63, 3.8) is 0 Å². The highest BCUT2D eigenvalue weighted by molar-refractivity contribution is 4.72. The van der Waals surface area contributed by atoms with Gasteiger partial charge in [0, 0.05) is 26.2 Å². The zero-order valence-corrected chi connectivity index (χ0v) is 9.52. The number of hydrogen-bond acceptors (Lipinski definition) is 3. The molecule has 16 heavy (non-hydrogen) atoms. The molecule has 0 aliphatic rings. The first-order valence-corrected chi connectivity index (χ1v) is 5.34. The molecule has 0 fully saturated rings. The molecule has 0 aliphatic carbocycles. The minimum absolute atomic E-state index is 0.0171. The zero-order valence-electron chi connectivity index (χ0n) is 9.52. The molecule has 98 valence electrons. The van der Waals surface area contributed by atoms with Crippen LogP contribution < -0.4 is 5.73 Å². The third kappa shape index (κ3) is 10.2. The SMILES string of the molecule is CC(O)(CN)CCCOCCCC(F)(F)F. The maximum absolute atomic E-state index is 11.7. The van der Waals surface area contributed by atoms with E-state index < -0.39 is 18.2 Å². The fourth-order valence-corrected chi connectivity index (χ4v) is 1.13. The predicted octanol–water partition coefficient (Wildman–Crippen LogP) is 1.84. The molecule has 3 N–H and O–H groups in total. The topological polar surface area (TPSA) is 55.5 Å². The highest BCUT2D eigenvalue weighted by Crippen LogP contribution is 2.21. The minimum Gasteiger partial charge on any atom is -0.389 e. The summed E-state index contributed by atoms with van der Waals surface area (Å²) in [4.78, 5) is 0. The van der Waals surface area contributed by atoms with Crippen LogP contribution in [0.3, 0.4) is 0 Å². The molecule has 0 spiro atoms. The Morgan fingerprint density at radius 2 is 1.62 bits per heavy atom. The van der Waals surface area contributed by atoms with Crippen molar-refractivity contribution in [3.8, 4) is 0 Å². The second-order valence-corrected chi connectivity index (χ2v) is 4.14. The lowest BCUT2D eigenvalue weighted by Gasteiger charge is -2.20. The number of rotatable bonds is 8. The molecule has 0 bridgehead atoms. The van der Waals surface area contributed by atoms with E-state index in [2.05, 4.69) is 0 Å². The Labute approximate surface area is 93.8 Å². The smallest absolute Gasteiger partial charge is 0.389 e. The Balaban J connectivity index is 3.29. The molecule has 6 heteroatoms.